The number of hydrogen-bond donors (Lipinski definition) is 0. The summed E-state index contributed by atoms with van der Waals surface area (Å²) < 4.78 is 11.5. The van der Waals surface area contributed by atoms with Crippen LogP contribution in [0.5, 0.6) is 0 Å². The summed E-state index contributed by atoms with van der Waals surface area (Å²) in [6.45, 7) is 10.3. The Morgan fingerprint density at radius 2 is 1.64 bits per heavy atom. The molecule has 0 atom stereocenters. The number of carbonyl (C=O) groups excluding carboxylic acids is 2. The quantitative estimate of drug-likeness (QED) is 0.457. The van der Waals surface area contributed by atoms with E-state index in [-0.39, 0.29) is 6.54 Å². The summed E-state index contributed by atoms with van der Waals surface area (Å²) in [5, 5.41) is 0.496. The van der Waals surface area contributed by atoms with Crippen LogP contribution in [0.4, 0.5) is 10.6 Å². The fraction of sp³-hybridized carbons (Fsp3) is 0.588. The van der Waals surface area contributed by atoms with Crippen molar-refractivity contribution in [3.63, 3.8) is 0 Å². The lowest BCUT2D eigenvalue weighted by Crippen LogP contribution is -2.42. The van der Waals surface area contributed by atoms with Gasteiger partial charge in [-0.3, -0.25) is 9.69 Å². The number of pyridine rings is 1. The summed E-state index contributed by atoms with van der Waals surface area (Å²) in [6.07, 6.45) is -0.659. The third-order valence-corrected chi connectivity index (χ3v) is 3.88. The minimum atomic E-state index is -0.698. The van der Waals surface area contributed by atoms with Gasteiger partial charge in [0.15, 0.2) is 0 Å². The highest BCUT2D eigenvalue weighted by Gasteiger charge is 2.28. The zero-order chi connectivity index (χ0) is 19.4. The Hall–Kier alpha value is -1.15. The molecule has 8 heteroatoms. The second-order valence-electron chi connectivity index (χ2n) is 7.38. The Labute approximate surface area is 165 Å². The predicted molar refractivity (Wildman–Crippen MR) is 104 cm³/mol. The molecule has 1 heterocycles. The molecule has 0 aliphatic carbocycles. The number of esters is 1. The van der Waals surface area contributed by atoms with Gasteiger partial charge in [0.25, 0.3) is 0 Å². The van der Waals surface area contributed by atoms with Crippen LogP contribution in [0.1, 0.15) is 47.2 Å². The molecule has 0 aromatic carbocycles. The fourth-order valence-corrected chi connectivity index (χ4v) is 2.94. The van der Waals surface area contributed by atoms with Crippen LogP contribution < -0.4 is 4.90 Å². The predicted octanol–water partition coefficient (Wildman–Crippen LogP) is 4.82. The highest BCUT2D eigenvalue weighted by Crippen LogP contribution is 2.23. The monoisotopic (exact) mass is 478 g/mol. The lowest BCUT2D eigenvalue weighted by molar-refractivity contribution is -0.153. The highest BCUT2D eigenvalue weighted by atomic mass is 79.9. The average molecular weight is 480 g/mol. The summed E-state index contributed by atoms with van der Waals surface area (Å²) in [6, 6.07) is 3.41. The van der Waals surface area contributed by atoms with Gasteiger partial charge in [-0.2, -0.15) is 0 Å². The number of carbonyl (C=O) groups is 2. The van der Waals surface area contributed by atoms with Crippen molar-refractivity contribution in [3.8, 4) is 0 Å². The molecular formula is C17H24Br2N2O4. The van der Waals surface area contributed by atoms with E-state index in [2.05, 4.69) is 36.8 Å². The zero-order valence-electron chi connectivity index (χ0n) is 15.4. The van der Waals surface area contributed by atoms with E-state index < -0.39 is 23.3 Å². The van der Waals surface area contributed by atoms with E-state index in [0.717, 1.165) is 4.47 Å². The third kappa shape index (κ3) is 7.73. The van der Waals surface area contributed by atoms with Crippen molar-refractivity contribution in [1.82, 2.24) is 4.98 Å². The maximum absolute atomic E-state index is 12.6. The average Bonchev–Trinajstić information content (AvgIpc) is 2.41. The molecule has 1 amide bonds. The van der Waals surface area contributed by atoms with Crippen molar-refractivity contribution in [2.75, 3.05) is 11.4 Å². The van der Waals surface area contributed by atoms with E-state index in [0.29, 0.717) is 16.8 Å². The molecule has 0 saturated carbocycles. The van der Waals surface area contributed by atoms with Gasteiger partial charge in [0, 0.05) is 9.80 Å². The molecule has 1 aromatic rings. The molecule has 0 unspecified atom stereocenters. The van der Waals surface area contributed by atoms with E-state index in [1.807, 2.05) is 0 Å². The molecule has 1 aromatic heterocycles. The van der Waals surface area contributed by atoms with Crippen LogP contribution in [0, 0.1) is 0 Å². The molecule has 0 aliphatic heterocycles. The maximum atomic E-state index is 12.6. The number of rotatable bonds is 4. The normalized spacial score (nSPS) is 11.8. The smallest absolute Gasteiger partial charge is 0.416 e. The summed E-state index contributed by atoms with van der Waals surface area (Å²) in [4.78, 5) is 30.4. The van der Waals surface area contributed by atoms with Crippen LogP contribution in [0.25, 0.3) is 0 Å². The number of amides is 1. The number of alkyl halides is 1. The standard InChI is InChI=1S/C17H24Br2N2O4/c1-16(2,3)24-14(22)10-21(15(23)25-17(4,5)6)13-8-7-11(19)12(9-18)20-13/h7-8H,9-10H2,1-6H3. The van der Waals surface area contributed by atoms with Gasteiger partial charge in [-0.05, 0) is 69.6 Å². The second-order valence-corrected chi connectivity index (χ2v) is 8.80. The SMILES string of the molecule is CC(C)(C)OC(=O)CN(C(=O)OC(C)(C)C)c1ccc(Br)c(CBr)n1. The molecule has 6 nitrogen and oxygen atoms in total. The van der Waals surface area contributed by atoms with Gasteiger partial charge >= 0.3 is 12.1 Å². The van der Waals surface area contributed by atoms with E-state index in [1.165, 1.54) is 4.90 Å². The van der Waals surface area contributed by atoms with E-state index >= 15 is 0 Å². The van der Waals surface area contributed by atoms with E-state index in [9.17, 15) is 9.59 Å². The van der Waals surface area contributed by atoms with Gasteiger partial charge in [0.1, 0.15) is 23.6 Å². The molecule has 0 spiro atoms. The Morgan fingerprint density at radius 3 is 2.12 bits per heavy atom. The molecule has 140 valence electrons. The number of aromatic nitrogens is 1. The van der Waals surface area contributed by atoms with Crippen LogP contribution in [0.2, 0.25) is 0 Å². The summed E-state index contributed by atoms with van der Waals surface area (Å²) in [7, 11) is 0. The van der Waals surface area contributed by atoms with Crippen molar-refractivity contribution in [2.45, 2.75) is 58.1 Å². The molecule has 0 saturated heterocycles. The van der Waals surface area contributed by atoms with Crippen molar-refractivity contribution in [2.24, 2.45) is 0 Å². The van der Waals surface area contributed by atoms with Crippen LogP contribution >= 0.6 is 31.9 Å². The lowest BCUT2D eigenvalue weighted by atomic mass is 10.2. The van der Waals surface area contributed by atoms with Crippen LogP contribution in [-0.2, 0) is 19.6 Å². The van der Waals surface area contributed by atoms with Gasteiger partial charge in [-0.15, -0.1) is 0 Å². The second kappa shape index (κ2) is 8.49. The summed E-state index contributed by atoms with van der Waals surface area (Å²) in [5.41, 5.74) is -0.642. The Balaban J connectivity index is 3.15. The van der Waals surface area contributed by atoms with Gasteiger partial charge in [0.05, 0.1) is 5.69 Å². The van der Waals surface area contributed by atoms with Crippen molar-refractivity contribution in [1.29, 1.82) is 0 Å². The van der Waals surface area contributed by atoms with Crippen LogP contribution in [-0.4, -0.2) is 34.8 Å². The van der Waals surface area contributed by atoms with Crippen molar-refractivity contribution in [3.05, 3.63) is 22.3 Å². The molecule has 0 bridgehead atoms. The van der Waals surface area contributed by atoms with Gasteiger partial charge < -0.3 is 9.47 Å². The molecule has 0 aliphatic rings. The zero-order valence-corrected chi connectivity index (χ0v) is 18.5. The number of ether oxygens (including phenoxy) is 2. The molecule has 0 fully saturated rings. The molecule has 1 rings (SSSR count). The van der Waals surface area contributed by atoms with Crippen molar-refractivity contribution >= 4 is 49.7 Å². The fourth-order valence-electron chi connectivity index (χ4n) is 1.78. The topological polar surface area (TPSA) is 68.7 Å². The Kier molecular flexibility index (Phi) is 7.43. The number of nitrogens with zero attached hydrogens (tertiary/aromatic N) is 2. The van der Waals surface area contributed by atoms with Gasteiger partial charge in [0.2, 0.25) is 0 Å². The number of hydrogen-bond acceptors (Lipinski definition) is 5. The lowest BCUT2D eigenvalue weighted by Gasteiger charge is -2.28. The number of halogens is 2. The van der Waals surface area contributed by atoms with Crippen molar-refractivity contribution < 1.29 is 19.1 Å². The Bertz CT molecular complexity index is 637. The van der Waals surface area contributed by atoms with Gasteiger partial charge in [-0.1, -0.05) is 15.9 Å². The minimum absolute atomic E-state index is 0.289. The molecular weight excluding hydrogens is 456 g/mol. The van der Waals surface area contributed by atoms with E-state index in [1.54, 1.807) is 53.7 Å². The number of anilines is 1. The first-order chi connectivity index (χ1) is 11.3. The van der Waals surface area contributed by atoms with Crippen LogP contribution in [0.15, 0.2) is 16.6 Å². The largest absolute Gasteiger partial charge is 0.459 e. The maximum Gasteiger partial charge on any atom is 0.416 e. The molecule has 0 radical (unpaired) electrons. The first kappa shape index (κ1) is 21.9. The molecule has 0 N–H and O–H groups in total. The third-order valence-electron chi connectivity index (χ3n) is 2.63. The summed E-state index contributed by atoms with van der Waals surface area (Å²) >= 11 is 6.75. The van der Waals surface area contributed by atoms with Gasteiger partial charge in [-0.25, -0.2) is 9.78 Å². The molecule has 25 heavy (non-hydrogen) atoms. The van der Waals surface area contributed by atoms with E-state index in [4.69, 9.17) is 9.47 Å². The Morgan fingerprint density at radius 1 is 1.08 bits per heavy atom. The first-order valence-corrected chi connectivity index (χ1v) is 9.67. The van der Waals surface area contributed by atoms with Crippen LogP contribution in [0.3, 0.4) is 0 Å². The minimum Gasteiger partial charge on any atom is -0.459 e. The highest BCUT2D eigenvalue weighted by molar-refractivity contribution is 9.10. The first-order valence-electron chi connectivity index (χ1n) is 7.76. The summed E-state index contributed by atoms with van der Waals surface area (Å²) in [5.74, 6) is -0.221.